The first-order valence-corrected chi connectivity index (χ1v) is 5.38. The van der Waals surface area contributed by atoms with E-state index in [0.717, 1.165) is 0 Å². The van der Waals surface area contributed by atoms with Gasteiger partial charge in [-0.3, -0.25) is 4.79 Å². The van der Waals surface area contributed by atoms with Gasteiger partial charge in [0.25, 0.3) is 0 Å². The summed E-state index contributed by atoms with van der Waals surface area (Å²) in [5, 5.41) is 19.7. The minimum absolute atomic E-state index is 0.0277. The van der Waals surface area contributed by atoms with E-state index in [1.807, 2.05) is 13.8 Å². The molecule has 0 spiro atoms. The fourth-order valence-corrected chi connectivity index (χ4v) is 2.28. The topological polar surface area (TPSA) is 57.5 Å². The van der Waals surface area contributed by atoms with Crippen molar-refractivity contribution in [3.05, 3.63) is 12.2 Å². The van der Waals surface area contributed by atoms with Crippen LogP contribution in [0, 0.1) is 11.3 Å². The number of aliphatic hydroxyl groups excluding tert-OH is 2. The fourth-order valence-electron chi connectivity index (χ4n) is 2.28. The van der Waals surface area contributed by atoms with Gasteiger partial charge in [-0.15, -0.1) is 0 Å². The third kappa shape index (κ3) is 3.14. The molecule has 1 aliphatic rings. The normalized spacial score (nSPS) is 35.7. The second-order valence-electron chi connectivity index (χ2n) is 5.16. The lowest BCUT2D eigenvalue weighted by molar-refractivity contribution is -0.112. The van der Waals surface area contributed by atoms with Gasteiger partial charge in [0.05, 0.1) is 12.2 Å². The summed E-state index contributed by atoms with van der Waals surface area (Å²) >= 11 is 0. The van der Waals surface area contributed by atoms with Crippen molar-refractivity contribution in [2.75, 3.05) is 0 Å². The Kier molecular flexibility index (Phi) is 3.68. The van der Waals surface area contributed by atoms with E-state index < -0.39 is 6.10 Å². The molecular weight excluding hydrogens is 192 g/mol. The third-order valence-electron chi connectivity index (χ3n) is 3.09. The molecule has 3 nitrogen and oxygen atoms in total. The number of hydrogen-bond donors (Lipinski definition) is 2. The predicted octanol–water partition coefficient (Wildman–Crippen LogP) is 1.29. The lowest BCUT2D eigenvalue weighted by Crippen LogP contribution is -2.44. The summed E-state index contributed by atoms with van der Waals surface area (Å²) in [5.74, 6) is -0.146. The van der Waals surface area contributed by atoms with Crippen molar-refractivity contribution >= 4 is 5.78 Å². The Hall–Kier alpha value is -0.670. The fraction of sp³-hybridized carbons (Fsp3) is 0.750. The molecule has 2 N–H and O–H groups in total. The predicted molar refractivity (Wildman–Crippen MR) is 58.3 cm³/mol. The van der Waals surface area contributed by atoms with Crippen LogP contribution >= 0.6 is 0 Å². The van der Waals surface area contributed by atoms with Gasteiger partial charge < -0.3 is 10.2 Å². The molecule has 3 heteroatoms. The first-order chi connectivity index (χ1) is 6.83. The maximum atomic E-state index is 10.8. The maximum absolute atomic E-state index is 10.8. The molecule has 1 saturated carbocycles. The molecule has 0 aromatic heterocycles. The summed E-state index contributed by atoms with van der Waals surface area (Å²) in [7, 11) is 0. The van der Waals surface area contributed by atoms with Crippen LogP contribution < -0.4 is 0 Å². The minimum atomic E-state index is -0.489. The summed E-state index contributed by atoms with van der Waals surface area (Å²) in [4.78, 5) is 10.8. The molecule has 0 aliphatic heterocycles. The molecule has 0 heterocycles. The first-order valence-electron chi connectivity index (χ1n) is 5.38. The molecule has 0 saturated heterocycles. The molecule has 1 unspecified atom stereocenters. The Morgan fingerprint density at radius 1 is 1.40 bits per heavy atom. The Morgan fingerprint density at radius 3 is 2.53 bits per heavy atom. The van der Waals surface area contributed by atoms with Crippen molar-refractivity contribution in [2.24, 2.45) is 11.3 Å². The molecule has 3 atom stereocenters. The Morgan fingerprint density at radius 2 is 2.00 bits per heavy atom. The highest BCUT2D eigenvalue weighted by Gasteiger charge is 2.40. The summed E-state index contributed by atoms with van der Waals surface area (Å²) in [6.45, 7) is 5.36. The zero-order chi connectivity index (χ0) is 11.6. The molecular formula is C12H20O3. The largest absolute Gasteiger partial charge is 0.393 e. The van der Waals surface area contributed by atoms with Gasteiger partial charge in [0.2, 0.25) is 0 Å². The zero-order valence-corrected chi connectivity index (χ0v) is 9.60. The van der Waals surface area contributed by atoms with E-state index in [1.165, 1.54) is 13.0 Å². The molecule has 86 valence electrons. The highest BCUT2D eigenvalue weighted by molar-refractivity contribution is 5.87. The highest BCUT2D eigenvalue weighted by Crippen LogP contribution is 2.39. The summed E-state index contributed by atoms with van der Waals surface area (Å²) in [6.07, 6.45) is 3.47. The quantitative estimate of drug-likeness (QED) is 0.678. The number of ketones is 1. The second kappa shape index (κ2) is 4.45. The van der Waals surface area contributed by atoms with Crippen molar-refractivity contribution in [1.82, 2.24) is 0 Å². The van der Waals surface area contributed by atoms with E-state index in [1.54, 1.807) is 6.08 Å². The molecule has 1 fully saturated rings. The van der Waals surface area contributed by atoms with Gasteiger partial charge >= 0.3 is 0 Å². The van der Waals surface area contributed by atoms with E-state index in [2.05, 4.69) is 0 Å². The molecule has 0 amide bonds. The van der Waals surface area contributed by atoms with E-state index in [-0.39, 0.29) is 23.2 Å². The van der Waals surface area contributed by atoms with Crippen LogP contribution in [0.1, 0.15) is 33.6 Å². The molecule has 15 heavy (non-hydrogen) atoms. The average Bonchev–Trinajstić information content (AvgIpc) is 2.08. The van der Waals surface area contributed by atoms with Crippen molar-refractivity contribution in [1.29, 1.82) is 0 Å². The van der Waals surface area contributed by atoms with E-state index in [9.17, 15) is 15.0 Å². The molecule has 0 bridgehead atoms. The summed E-state index contributed by atoms with van der Waals surface area (Å²) in [6, 6.07) is 0. The van der Waals surface area contributed by atoms with Gasteiger partial charge in [0, 0.05) is 5.92 Å². The lowest BCUT2D eigenvalue weighted by atomic mass is 9.68. The number of carbonyl (C=O) groups is 1. The maximum Gasteiger partial charge on any atom is 0.152 e. The Balaban J connectivity index is 2.75. The SMILES string of the molecule is CC(=O)/C=C/C1C[C@@H](O)CC(C)(C)[C@H]1O. The smallest absolute Gasteiger partial charge is 0.152 e. The molecule has 0 aromatic carbocycles. The van der Waals surface area contributed by atoms with Gasteiger partial charge in [-0.2, -0.15) is 0 Å². The number of allylic oxidation sites excluding steroid dienone is 1. The lowest BCUT2D eigenvalue weighted by Gasteiger charge is -2.42. The van der Waals surface area contributed by atoms with E-state index in [0.29, 0.717) is 12.8 Å². The van der Waals surface area contributed by atoms with E-state index >= 15 is 0 Å². The summed E-state index contributed by atoms with van der Waals surface area (Å²) < 4.78 is 0. The van der Waals surface area contributed by atoms with Crippen LogP contribution in [0.4, 0.5) is 0 Å². The van der Waals surface area contributed by atoms with Gasteiger partial charge in [-0.25, -0.2) is 0 Å². The highest BCUT2D eigenvalue weighted by atomic mass is 16.3. The minimum Gasteiger partial charge on any atom is -0.393 e. The van der Waals surface area contributed by atoms with Gasteiger partial charge in [0.15, 0.2) is 5.78 Å². The van der Waals surface area contributed by atoms with Crippen LogP contribution in [0.2, 0.25) is 0 Å². The number of aliphatic hydroxyl groups is 2. The van der Waals surface area contributed by atoms with Crippen molar-refractivity contribution in [2.45, 2.75) is 45.8 Å². The standard InChI is InChI=1S/C12H20O3/c1-8(13)4-5-9-6-10(14)7-12(2,3)11(9)15/h4-5,9-11,14-15H,6-7H2,1-3H3/b5-4+/t9?,10-,11+/m1/s1. The van der Waals surface area contributed by atoms with E-state index in [4.69, 9.17) is 0 Å². The molecule has 0 aromatic rings. The Bertz CT molecular complexity index is 268. The molecule has 1 aliphatic carbocycles. The number of carbonyl (C=O) groups excluding carboxylic acids is 1. The van der Waals surface area contributed by atoms with Crippen molar-refractivity contribution < 1.29 is 15.0 Å². The Labute approximate surface area is 90.8 Å². The van der Waals surface area contributed by atoms with Gasteiger partial charge in [-0.05, 0) is 31.3 Å². The van der Waals surface area contributed by atoms with Crippen molar-refractivity contribution in [3.63, 3.8) is 0 Å². The monoisotopic (exact) mass is 212 g/mol. The number of rotatable bonds is 2. The van der Waals surface area contributed by atoms with Gasteiger partial charge in [-0.1, -0.05) is 19.9 Å². The first kappa shape index (κ1) is 12.4. The van der Waals surface area contributed by atoms with Crippen LogP contribution in [-0.4, -0.2) is 28.2 Å². The summed E-state index contributed by atoms with van der Waals surface area (Å²) in [5.41, 5.74) is -0.288. The molecule has 0 radical (unpaired) electrons. The van der Waals surface area contributed by atoms with Crippen LogP contribution in [0.15, 0.2) is 12.2 Å². The van der Waals surface area contributed by atoms with Crippen LogP contribution in [0.5, 0.6) is 0 Å². The van der Waals surface area contributed by atoms with Crippen LogP contribution in [0.3, 0.4) is 0 Å². The van der Waals surface area contributed by atoms with Crippen LogP contribution in [0.25, 0.3) is 0 Å². The molecule has 1 rings (SSSR count). The van der Waals surface area contributed by atoms with Crippen LogP contribution in [-0.2, 0) is 4.79 Å². The van der Waals surface area contributed by atoms with Crippen molar-refractivity contribution in [3.8, 4) is 0 Å². The third-order valence-corrected chi connectivity index (χ3v) is 3.09. The average molecular weight is 212 g/mol. The number of hydrogen-bond acceptors (Lipinski definition) is 3. The second-order valence-corrected chi connectivity index (χ2v) is 5.16. The zero-order valence-electron chi connectivity index (χ0n) is 9.60. The van der Waals surface area contributed by atoms with Gasteiger partial charge in [0.1, 0.15) is 0 Å².